The van der Waals surface area contributed by atoms with Gasteiger partial charge >= 0.3 is 5.69 Å². The minimum atomic E-state index is -0.633. The average Bonchev–Trinajstić information content (AvgIpc) is 2.38. The number of nitro groups is 1. The van der Waals surface area contributed by atoms with Crippen molar-refractivity contribution in [3.05, 3.63) is 32.3 Å². The van der Waals surface area contributed by atoms with Gasteiger partial charge in [-0.15, -0.1) is 0 Å². The zero-order valence-electron chi connectivity index (χ0n) is 10.9. The Morgan fingerprint density at radius 3 is 2.60 bits per heavy atom. The molecule has 0 radical (unpaired) electrons. The van der Waals surface area contributed by atoms with Gasteiger partial charge in [0.15, 0.2) is 5.78 Å². The van der Waals surface area contributed by atoms with Crippen LogP contribution in [0.15, 0.2) is 16.6 Å². The molecule has 0 bridgehead atoms. The molecule has 0 aliphatic heterocycles. The number of ether oxygens (including phenoxy) is 1. The zero-order valence-corrected chi connectivity index (χ0v) is 12.5. The highest BCUT2D eigenvalue weighted by molar-refractivity contribution is 9.10. The number of ketones is 1. The van der Waals surface area contributed by atoms with Crippen molar-refractivity contribution in [3.8, 4) is 5.75 Å². The summed E-state index contributed by atoms with van der Waals surface area (Å²) in [6, 6.07) is 2.70. The van der Waals surface area contributed by atoms with E-state index < -0.39 is 4.92 Å². The Labute approximate surface area is 123 Å². The van der Waals surface area contributed by atoms with Gasteiger partial charge in [0.2, 0.25) is 11.7 Å². The first kappa shape index (κ1) is 16.1. The lowest BCUT2D eigenvalue weighted by molar-refractivity contribution is -0.386. The Morgan fingerprint density at radius 2 is 2.10 bits per heavy atom. The number of Topliss-reactive ketones (excluding diaryl/α,β-unsaturated/α-hetero) is 1. The summed E-state index contributed by atoms with van der Waals surface area (Å²) in [5, 5.41) is 13.4. The van der Waals surface area contributed by atoms with Crippen molar-refractivity contribution in [1.29, 1.82) is 0 Å². The SMILES string of the molecule is CNC(=O)CCOc1c(C(C)=O)cc(Br)cc1[N+](=O)[O-]. The molecule has 0 aromatic heterocycles. The van der Waals surface area contributed by atoms with Crippen LogP contribution in [0.2, 0.25) is 0 Å². The van der Waals surface area contributed by atoms with Gasteiger partial charge in [-0.1, -0.05) is 15.9 Å². The second-order valence-corrected chi connectivity index (χ2v) is 4.80. The fourth-order valence-corrected chi connectivity index (χ4v) is 1.94. The van der Waals surface area contributed by atoms with Crippen molar-refractivity contribution in [2.24, 2.45) is 0 Å². The summed E-state index contributed by atoms with van der Waals surface area (Å²) in [4.78, 5) is 33.0. The van der Waals surface area contributed by atoms with Gasteiger partial charge in [0.05, 0.1) is 23.5 Å². The molecular formula is C12H13BrN2O5. The van der Waals surface area contributed by atoms with Gasteiger partial charge in [-0.2, -0.15) is 0 Å². The van der Waals surface area contributed by atoms with Gasteiger partial charge in [-0.05, 0) is 13.0 Å². The van der Waals surface area contributed by atoms with E-state index in [4.69, 9.17) is 4.74 Å². The van der Waals surface area contributed by atoms with Gasteiger partial charge in [-0.3, -0.25) is 19.7 Å². The largest absolute Gasteiger partial charge is 0.486 e. The van der Waals surface area contributed by atoms with Crippen LogP contribution < -0.4 is 10.1 Å². The molecule has 1 N–H and O–H groups in total. The van der Waals surface area contributed by atoms with Crippen LogP contribution in [0.4, 0.5) is 5.69 Å². The van der Waals surface area contributed by atoms with Crippen molar-refractivity contribution < 1.29 is 19.2 Å². The zero-order chi connectivity index (χ0) is 15.3. The summed E-state index contributed by atoms with van der Waals surface area (Å²) in [5.41, 5.74) is -0.218. The van der Waals surface area contributed by atoms with E-state index >= 15 is 0 Å². The van der Waals surface area contributed by atoms with Gasteiger partial charge < -0.3 is 10.1 Å². The van der Waals surface area contributed by atoms with Crippen LogP contribution in [0, 0.1) is 10.1 Å². The van der Waals surface area contributed by atoms with E-state index in [1.807, 2.05) is 0 Å². The molecule has 20 heavy (non-hydrogen) atoms. The number of hydrogen-bond acceptors (Lipinski definition) is 5. The third-order valence-electron chi connectivity index (χ3n) is 2.46. The Kier molecular flexibility index (Phi) is 5.63. The number of nitrogens with one attached hydrogen (secondary N) is 1. The molecule has 0 atom stereocenters. The summed E-state index contributed by atoms with van der Waals surface area (Å²) in [6.45, 7) is 1.24. The molecule has 0 saturated carbocycles. The van der Waals surface area contributed by atoms with Crippen LogP contribution >= 0.6 is 15.9 Å². The monoisotopic (exact) mass is 344 g/mol. The quantitative estimate of drug-likeness (QED) is 0.483. The summed E-state index contributed by atoms with van der Waals surface area (Å²) >= 11 is 3.11. The lowest BCUT2D eigenvalue weighted by atomic mass is 10.1. The molecule has 0 unspecified atom stereocenters. The molecule has 0 aliphatic rings. The van der Waals surface area contributed by atoms with Crippen LogP contribution in [0.25, 0.3) is 0 Å². The Hall–Kier alpha value is -1.96. The maximum absolute atomic E-state index is 11.5. The second kappa shape index (κ2) is 6.99. The Bertz CT molecular complexity index is 524. The first-order valence-corrected chi connectivity index (χ1v) is 6.48. The van der Waals surface area contributed by atoms with Gasteiger partial charge in [-0.25, -0.2) is 0 Å². The number of nitro benzene ring substituents is 1. The van der Waals surface area contributed by atoms with Crippen LogP contribution in [-0.2, 0) is 4.79 Å². The van der Waals surface area contributed by atoms with E-state index in [9.17, 15) is 19.7 Å². The maximum Gasteiger partial charge on any atom is 0.312 e. The van der Waals surface area contributed by atoms with E-state index in [2.05, 4.69) is 21.2 Å². The van der Waals surface area contributed by atoms with Crippen molar-refractivity contribution in [3.63, 3.8) is 0 Å². The molecule has 7 nitrogen and oxygen atoms in total. The predicted octanol–water partition coefficient (Wildman–Crippen LogP) is 2.07. The number of hydrogen-bond donors (Lipinski definition) is 1. The standard InChI is InChI=1S/C12H13BrN2O5/c1-7(16)9-5-8(13)6-10(15(18)19)12(9)20-4-3-11(17)14-2/h5-6H,3-4H2,1-2H3,(H,14,17). The molecule has 1 amide bonds. The van der Waals surface area contributed by atoms with E-state index in [0.717, 1.165) is 0 Å². The average molecular weight is 345 g/mol. The molecule has 1 rings (SSSR count). The minimum Gasteiger partial charge on any atom is -0.486 e. The Balaban J connectivity index is 3.10. The van der Waals surface area contributed by atoms with Crippen molar-refractivity contribution in [2.75, 3.05) is 13.7 Å². The predicted molar refractivity (Wildman–Crippen MR) is 75.0 cm³/mol. The first-order chi connectivity index (χ1) is 9.36. The van der Waals surface area contributed by atoms with Gasteiger partial charge in [0.25, 0.3) is 0 Å². The van der Waals surface area contributed by atoms with Crippen LogP contribution in [0.1, 0.15) is 23.7 Å². The Morgan fingerprint density at radius 1 is 1.45 bits per heavy atom. The number of nitrogens with zero attached hydrogens (tertiary/aromatic N) is 1. The molecule has 0 aliphatic carbocycles. The minimum absolute atomic E-state index is 0.0427. The number of rotatable bonds is 6. The molecular weight excluding hydrogens is 332 g/mol. The first-order valence-electron chi connectivity index (χ1n) is 5.69. The van der Waals surface area contributed by atoms with E-state index in [1.165, 1.54) is 26.1 Å². The molecule has 0 heterocycles. The van der Waals surface area contributed by atoms with E-state index in [1.54, 1.807) is 0 Å². The highest BCUT2D eigenvalue weighted by Gasteiger charge is 2.23. The third-order valence-corrected chi connectivity index (χ3v) is 2.92. The molecule has 0 fully saturated rings. The van der Waals surface area contributed by atoms with Crippen molar-refractivity contribution >= 4 is 33.3 Å². The van der Waals surface area contributed by atoms with Crippen LogP contribution in [0.5, 0.6) is 5.75 Å². The highest BCUT2D eigenvalue weighted by atomic mass is 79.9. The van der Waals surface area contributed by atoms with E-state index in [0.29, 0.717) is 4.47 Å². The van der Waals surface area contributed by atoms with Crippen molar-refractivity contribution in [2.45, 2.75) is 13.3 Å². The molecule has 0 saturated heterocycles. The lowest BCUT2D eigenvalue weighted by Crippen LogP contribution is -2.20. The van der Waals surface area contributed by atoms with Gasteiger partial charge in [0.1, 0.15) is 0 Å². The third kappa shape index (κ3) is 4.02. The summed E-state index contributed by atoms with van der Waals surface area (Å²) in [6.07, 6.45) is 0.0427. The number of amides is 1. The summed E-state index contributed by atoms with van der Waals surface area (Å²) < 4.78 is 5.68. The second-order valence-electron chi connectivity index (χ2n) is 3.89. The fourth-order valence-electron chi connectivity index (χ4n) is 1.50. The number of benzene rings is 1. The highest BCUT2D eigenvalue weighted by Crippen LogP contribution is 2.35. The molecule has 1 aromatic rings. The number of carbonyl (C=O) groups is 2. The molecule has 108 valence electrons. The number of halogens is 1. The summed E-state index contributed by atoms with van der Waals surface area (Å²) in [7, 11) is 1.48. The summed E-state index contributed by atoms with van der Waals surface area (Å²) in [5.74, 6) is -0.729. The van der Waals surface area contributed by atoms with Crippen molar-refractivity contribution in [1.82, 2.24) is 5.32 Å². The lowest BCUT2D eigenvalue weighted by Gasteiger charge is -2.10. The molecule has 1 aromatic carbocycles. The fraction of sp³-hybridized carbons (Fsp3) is 0.333. The normalized spacial score (nSPS) is 9.95. The topological polar surface area (TPSA) is 98.5 Å². The van der Waals surface area contributed by atoms with Crippen LogP contribution in [0.3, 0.4) is 0 Å². The van der Waals surface area contributed by atoms with Crippen LogP contribution in [-0.4, -0.2) is 30.3 Å². The maximum atomic E-state index is 11.5. The molecule has 0 spiro atoms. The van der Waals surface area contributed by atoms with Gasteiger partial charge in [0, 0.05) is 17.6 Å². The number of carbonyl (C=O) groups excluding carboxylic acids is 2. The smallest absolute Gasteiger partial charge is 0.312 e. The van der Waals surface area contributed by atoms with E-state index in [-0.39, 0.29) is 41.7 Å². The molecule has 8 heteroatoms.